The zero-order chi connectivity index (χ0) is 59.8. The number of amides is 10. The maximum Gasteiger partial charge on any atom is 0.278 e. The van der Waals surface area contributed by atoms with E-state index in [2.05, 4.69) is 42.5 Å². The lowest BCUT2D eigenvalue weighted by molar-refractivity contribution is -0.136. The summed E-state index contributed by atoms with van der Waals surface area (Å²) in [6.45, 7) is 2.67. The lowest BCUT2D eigenvalue weighted by atomic mass is 10.00. The van der Waals surface area contributed by atoms with E-state index in [0.717, 1.165) is 5.56 Å². The molecule has 4 aromatic rings. The number of nitrogens with two attached hydrogens (primary N) is 3. The van der Waals surface area contributed by atoms with Gasteiger partial charge in [-0.15, -0.1) is 0 Å². The van der Waals surface area contributed by atoms with Gasteiger partial charge in [-0.05, 0) is 117 Å². The lowest BCUT2D eigenvalue weighted by Crippen LogP contribution is -2.61. The number of primary amides is 2. The molecule has 10 amide bonds. The van der Waals surface area contributed by atoms with Gasteiger partial charge in [-0.25, -0.2) is 0 Å². The molecule has 24 nitrogen and oxygen atoms in total. The SMILES string of the molecule is CNC(=O)SC[C@@H](NC(=O)CCc1ccc(Cl)cc1)C(=O)N[C@@H](Cc1ccc(O)cc1)C(=O)N[C@H](Cc1ccc(C(N)=O)cc1)C(=O)N[C@@H](CCCCN)C(=O)NC(C(=O)N[C@@H](C)C(=O)N[C@H](Cc1ccc(O)cc1)C(N)=O)C(C)O. The van der Waals surface area contributed by atoms with Gasteiger partial charge in [0, 0.05) is 49.1 Å². The summed E-state index contributed by atoms with van der Waals surface area (Å²) in [5, 5.41) is 50.8. The summed E-state index contributed by atoms with van der Waals surface area (Å²) in [7, 11) is 1.38. The molecule has 4 rings (SSSR count). The van der Waals surface area contributed by atoms with E-state index in [1.807, 2.05) is 0 Å². The highest BCUT2D eigenvalue weighted by Gasteiger charge is 2.35. The van der Waals surface area contributed by atoms with E-state index in [-0.39, 0.29) is 74.3 Å². The van der Waals surface area contributed by atoms with Crippen LogP contribution >= 0.6 is 23.4 Å². The number of nitrogens with one attached hydrogen (secondary N) is 8. The number of benzene rings is 4. The topological polar surface area (TPSA) is 406 Å². The summed E-state index contributed by atoms with van der Waals surface area (Å²) >= 11 is 6.71. The van der Waals surface area contributed by atoms with Crippen LogP contribution in [0.2, 0.25) is 5.02 Å². The number of aliphatic hydroxyl groups is 1. The number of phenolic OH excluding ortho intramolecular Hbond substituents is 2. The Morgan fingerprint density at radius 3 is 1.48 bits per heavy atom. The zero-order valence-corrected chi connectivity index (χ0v) is 46.4. The second-order valence-electron chi connectivity index (χ2n) is 19.0. The fourth-order valence-electron chi connectivity index (χ4n) is 7.91. The number of thioether (sulfide) groups is 1. The molecule has 0 radical (unpaired) electrons. The first-order valence-corrected chi connectivity index (χ1v) is 27.2. The molecule has 0 aliphatic heterocycles. The van der Waals surface area contributed by atoms with Gasteiger partial charge in [0.15, 0.2) is 0 Å². The van der Waals surface area contributed by atoms with Gasteiger partial charge in [-0.3, -0.25) is 47.9 Å². The van der Waals surface area contributed by atoms with Gasteiger partial charge in [-0.1, -0.05) is 71.9 Å². The monoisotopic (exact) mass is 1160 g/mol. The average molecular weight is 1160 g/mol. The molecule has 81 heavy (non-hydrogen) atoms. The Balaban J connectivity index is 1.61. The number of carbonyl (C=O) groups is 10. The van der Waals surface area contributed by atoms with Crippen LogP contribution in [0.1, 0.15) is 72.1 Å². The third kappa shape index (κ3) is 22.4. The minimum absolute atomic E-state index is 0.0244. The number of aromatic hydroxyl groups is 2. The quantitative estimate of drug-likeness (QED) is 0.0295. The smallest absolute Gasteiger partial charge is 0.278 e. The fraction of sp³-hybridized carbons (Fsp3) is 0.382. The Labute approximate surface area is 477 Å². The van der Waals surface area contributed by atoms with Gasteiger partial charge in [0.25, 0.3) is 5.24 Å². The third-order valence-electron chi connectivity index (χ3n) is 12.5. The minimum Gasteiger partial charge on any atom is -0.508 e. The van der Waals surface area contributed by atoms with Crippen molar-refractivity contribution < 1.29 is 63.3 Å². The van der Waals surface area contributed by atoms with Crippen LogP contribution in [0.5, 0.6) is 11.5 Å². The van der Waals surface area contributed by atoms with E-state index in [9.17, 15) is 63.3 Å². The summed E-state index contributed by atoms with van der Waals surface area (Å²) in [6, 6.07) is 13.9. The first-order valence-electron chi connectivity index (χ1n) is 25.8. The van der Waals surface area contributed by atoms with Gasteiger partial charge in [0.05, 0.1) is 6.10 Å². The maximum absolute atomic E-state index is 14.7. The molecule has 436 valence electrons. The van der Waals surface area contributed by atoms with Crippen molar-refractivity contribution in [1.82, 2.24) is 42.5 Å². The molecular formula is C55H70ClN11O13S. The molecule has 0 spiro atoms. The molecule has 0 heterocycles. The number of carbonyl (C=O) groups excluding carboxylic acids is 10. The standard InChI is InChI=1S/C55H70ClN11O13S/c1-30(49(74)64-41(48(59)73)26-34-11-20-38(69)21-12-34)61-54(79)46(31(2)68)67-50(75)40(6-4-5-25-57)63-51(76)42(27-33-7-16-36(17-8-33)47(58)72)65-52(77)43(28-35-13-22-39(70)23-14-35)66-53(78)44(29-81-55(80)60-3)62-45(71)24-15-32-9-18-37(56)19-10-32/h7-14,16-23,30-31,40-44,46,68-70H,4-6,15,24-29,57H2,1-3H3,(H2,58,72)(H2,59,73)(H,60,80)(H,61,79)(H,62,71)(H,63,76)(H,64,74)(H,65,77)(H,66,78)(H,67,75)/t30-,31?,40-,41+,42+,43-,44+,46?/m0/s1. The normalized spacial score (nSPS) is 13.9. The first-order chi connectivity index (χ1) is 38.5. The predicted octanol–water partition coefficient (Wildman–Crippen LogP) is -0.00800. The molecule has 2 unspecified atom stereocenters. The molecular weight excluding hydrogens is 1090 g/mol. The van der Waals surface area contributed by atoms with Crippen molar-refractivity contribution in [1.29, 1.82) is 0 Å². The van der Waals surface area contributed by atoms with Crippen LogP contribution < -0.4 is 59.7 Å². The van der Waals surface area contributed by atoms with E-state index in [0.29, 0.717) is 39.9 Å². The second kappa shape index (κ2) is 32.7. The predicted molar refractivity (Wildman–Crippen MR) is 302 cm³/mol. The largest absolute Gasteiger partial charge is 0.508 e. The average Bonchev–Trinajstić information content (AvgIpc) is 3.43. The number of halogens is 1. The highest BCUT2D eigenvalue weighted by Crippen LogP contribution is 2.16. The summed E-state index contributed by atoms with van der Waals surface area (Å²) < 4.78 is 0. The molecule has 0 aliphatic rings. The van der Waals surface area contributed by atoms with Crippen molar-refractivity contribution in [3.05, 3.63) is 130 Å². The number of phenols is 2. The van der Waals surface area contributed by atoms with Crippen LogP contribution in [0, 0.1) is 0 Å². The molecule has 8 atom stereocenters. The molecule has 0 fully saturated rings. The number of hydrogen-bond donors (Lipinski definition) is 14. The van der Waals surface area contributed by atoms with Crippen molar-refractivity contribution in [2.75, 3.05) is 19.3 Å². The van der Waals surface area contributed by atoms with Gasteiger partial charge < -0.3 is 75.1 Å². The number of hydrogen-bond acceptors (Lipinski definition) is 15. The minimum atomic E-state index is -1.72. The molecule has 4 aromatic carbocycles. The number of unbranched alkanes of at least 4 members (excludes halogenated alkanes) is 1. The van der Waals surface area contributed by atoms with Crippen molar-refractivity contribution in [2.24, 2.45) is 17.2 Å². The first kappa shape index (κ1) is 65.3. The van der Waals surface area contributed by atoms with Crippen LogP contribution in [0.25, 0.3) is 0 Å². The molecule has 0 bridgehead atoms. The fourth-order valence-corrected chi connectivity index (χ4v) is 8.73. The molecule has 0 aromatic heterocycles. The van der Waals surface area contributed by atoms with Crippen LogP contribution in [0.4, 0.5) is 4.79 Å². The Hall–Kier alpha value is -8.26. The van der Waals surface area contributed by atoms with E-state index in [1.54, 1.807) is 24.3 Å². The molecule has 17 N–H and O–H groups in total. The van der Waals surface area contributed by atoms with Gasteiger partial charge in [0.1, 0.15) is 53.8 Å². The van der Waals surface area contributed by atoms with Gasteiger partial charge in [-0.2, -0.15) is 0 Å². The number of rotatable bonds is 31. The third-order valence-corrected chi connectivity index (χ3v) is 13.8. The Morgan fingerprint density at radius 2 is 1.00 bits per heavy atom. The van der Waals surface area contributed by atoms with E-state index in [4.69, 9.17) is 28.8 Å². The summed E-state index contributed by atoms with van der Waals surface area (Å²) in [6.07, 6.45) is -1.39. The lowest BCUT2D eigenvalue weighted by Gasteiger charge is -2.28. The Morgan fingerprint density at radius 1 is 0.543 bits per heavy atom. The molecule has 26 heteroatoms. The van der Waals surface area contributed by atoms with Gasteiger partial charge >= 0.3 is 0 Å². The van der Waals surface area contributed by atoms with E-state index in [1.165, 1.54) is 93.7 Å². The highest BCUT2D eigenvalue weighted by atomic mass is 35.5. The number of aliphatic hydroxyl groups excluding tert-OH is 1. The second-order valence-corrected chi connectivity index (χ2v) is 20.4. The molecule has 0 saturated carbocycles. The van der Waals surface area contributed by atoms with Crippen LogP contribution in [0.3, 0.4) is 0 Å². The number of aryl methyl sites for hydroxylation is 1. The van der Waals surface area contributed by atoms with Crippen LogP contribution in [0.15, 0.2) is 97.1 Å². The van der Waals surface area contributed by atoms with E-state index >= 15 is 0 Å². The summed E-state index contributed by atoms with van der Waals surface area (Å²) in [4.78, 5) is 135. The van der Waals surface area contributed by atoms with Crippen molar-refractivity contribution in [3.63, 3.8) is 0 Å². The van der Waals surface area contributed by atoms with Crippen molar-refractivity contribution >= 4 is 81.8 Å². The van der Waals surface area contributed by atoms with Gasteiger partial charge in [0.2, 0.25) is 53.2 Å². The summed E-state index contributed by atoms with van der Waals surface area (Å²) in [5.74, 6) is -8.18. The molecule has 0 aliphatic carbocycles. The molecule has 0 saturated heterocycles. The zero-order valence-electron chi connectivity index (χ0n) is 44.9. The van der Waals surface area contributed by atoms with Crippen LogP contribution in [-0.2, 0) is 64.0 Å². The van der Waals surface area contributed by atoms with E-state index < -0.39 is 107 Å². The summed E-state index contributed by atoms with van der Waals surface area (Å²) in [5.41, 5.74) is 19.1. The van der Waals surface area contributed by atoms with Crippen molar-refractivity contribution in [3.8, 4) is 11.5 Å². The Kier molecular flexibility index (Phi) is 26.4. The van der Waals surface area contributed by atoms with Crippen LogP contribution in [-0.4, -0.2) is 141 Å². The van der Waals surface area contributed by atoms with Crippen molar-refractivity contribution in [2.45, 2.75) is 114 Å². The maximum atomic E-state index is 14.7. The Bertz CT molecular complexity index is 2810. The highest BCUT2D eigenvalue weighted by molar-refractivity contribution is 8.13.